The molecule has 0 bridgehead atoms. The molecule has 0 aliphatic carbocycles. The van der Waals surface area contributed by atoms with E-state index in [1.807, 2.05) is 26.0 Å². The van der Waals surface area contributed by atoms with Gasteiger partial charge in [-0.05, 0) is 38.5 Å². The summed E-state index contributed by atoms with van der Waals surface area (Å²) in [7, 11) is 0. The van der Waals surface area contributed by atoms with Gasteiger partial charge in [-0.25, -0.2) is 5.43 Å². The third kappa shape index (κ3) is 5.44. The maximum Gasteiger partial charge on any atom is 0.315 e. The summed E-state index contributed by atoms with van der Waals surface area (Å²) in [6.45, 7) is 5.51. The Bertz CT molecular complexity index is 911. The maximum atomic E-state index is 11.9. The fourth-order valence-corrected chi connectivity index (χ4v) is 2.41. The van der Waals surface area contributed by atoms with Crippen LogP contribution in [0.25, 0.3) is 0 Å². The molecule has 0 heterocycles. The molecule has 0 aromatic heterocycles. The van der Waals surface area contributed by atoms with Gasteiger partial charge in [-0.1, -0.05) is 17.7 Å². The molecule has 0 unspecified atom stereocenters. The number of hydrazone groups is 1. The average molecular weight is 387 g/mol. The molecule has 0 saturated heterocycles. The minimum atomic E-state index is -0.731. The van der Waals surface area contributed by atoms with E-state index < -0.39 is 22.3 Å². The summed E-state index contributed by atoms with van der Waals surface area (Å²) < 4.78 is 10.6. The van der Waals surface area contributed by atoms with Crippen molar-refractivity contribution >= 4 is 17.8 Å². The molecule has 0 aliphatic heterocycles. The summed E-state index contributed by atoms with van der Waals surface area (Å²) >= 11 is 0. The van der Waals surface area contributed by atoms with Crippen LogP contribution in [0, 0.1) is 24.0 Å². The Morgan fingerprint density at radius 2 is 2.00 bits per heavy atom. The smallest absolute Gasteiger partial charge is 0.315 e. The normalized spacial score (nSPS) is 10.7. The summed E-state index contributed by atoms with van der Waals surface area (Å²) in [6.07, 6.45) is 1.21. The van der Waals surface area contributed by atoms with Crippen molar-refractivity contribution in [1.29, 1.82) is 0 Å². The summed E-state index contributed by atoms with van der Waals surface area (Å²) in [5, 5.41) is 24.6. The molecule has 0 radical (unpaired) electrons. The van der Waals surface area contributed by atoms with Crippen molar-refractivity contribution in [2.45, 2.75) is 20.8 Å². The van der Waals surface area contributed by atoms with E-state index in [4.69, 9.17) is 9.47 Å². The number of hydrogen-bond donors (Lipinski definition) is 2. The van der Waals surface area contributed by atoms with Crippen LogP contribution in [-0.4, -0.2) is 35.4 Å². The number of nitro groups is 1. The zero-order chi connectivity index (χ0) is 20.7. The summed E-state index contributed by atoms with van der Waals surface area (Å²) in [5.74, 6) is -0.493. The SMILES string of the molecule is CCOc1cc(/C=N\NC(=O)COc2ccc(C)cc2C)cc([N+](=O)[O-])c1O. The van der Waals surface area contributed by atoms with E-state index in [9.17, 15) is 20.0 Å². The fourth-order valence-electron chi connectivity index (χ4n) is 2.41. The van der Waals surface area contributed by atoms with Gasteiger partial charge in [0.05, 0.1) is 17.7 Å². The first-order valence-electron chi connectivity index (χ1n) is 8.48. The van der Waals surface area contributed by atoms with Crippen molar-refractivity contribution < 1.29 is 24.3 Å². The second kappa shape index (κ2) is 9.36. The fraction of sp³-hybridized carbons (Fsp3) is 0.263. The predicted octanol–water partition coefficient (Wildman–Crippen LogP) is 2.85. The van der Waals surface area contributed by atoms with Gasteiger partial charge < -0.3 is 14.6 Å². The van der Waals surface area contributed by atoms with Gasteiger partial charge in [0.2, 0.25) is 5.75 Å². The lowest BCUT2D eigenvalue weighted by atomic mass is 10.1. The number of nitrogens with one attached hydrogen (secondary N) is 1. The minimum absolute atomic E-state index is 0.0392. The number of nitrogens with zero attached hydrogens (tertiary/aromatic N) is 2. The van der Waals surface area contributed by atoms with Gasteiger partial charge in [0.15, 0.2) is 12.4 Å². The van der Waals surface area contributed by atoms with Gasteiger partial charge >= 0.3 is 5.69 Å². The third-order valence-electron chi connectivity index (χ3n) is 3.67. The largest absolute Gasteiger partial charge is 0.500 e. The third-order valence-corrected chi connectivity index (χ3v) is 3.67. The highest BCUT2D eigenvalue weighted by atomic mass is 16.6. The Balaban J connectivity index is 2.01. The highest BCUT2D eigenvalue weighted by Crippen LogP contribution is 2.36. The molecule has 2 aromatic rings. The Morgan fingerprint density at radius 1 is 1.25 bits per heavy atom. The number of rotatable bonds is 8. The van der Waals surface area contributed by atoms with Crippen LogP contribution in [0.1, 0.15) is 23.6 Å². The second-order valence-electron chi connectivity index (χ2n) is 5.93. The first kappa shape index (κ1) is 20.7. The van der Waals surface area contributed by atoms with Gasteiger partial charge in [-0.2, -0.15) is 5.10 Å². The molecule has 0 fully saturated rings. The number of phenolic OH excluding ortho intramolecular Hbond substituents is 1. The van der Waals surface area contributed by atoms with E-state index in [2.05, 4.69) is 10.5 Å². The minimum Gasteiger partial charge on any atom is -0.500 e. The van der Waals surface area contributed by atoms with Crippen molar-refractivity contribution in [2.24, 2.45) is 5.10 Å². The lowest BCUT2D eigenvalue weighted by Crippen LogP contribution is -2.24. The first-order chi connectivity index (χ1) is 13.3. The lowest BCUT2D eigenvalue weighted by Gasteiger charge is -2.09. The van der Waals surface area contributed by atoms with Crippen LogP contribution in [0.4, 0.5) is 5.69 Å². The van der Waals surface area contributed by atoms with E-state index in [0.717, 1.165) is 17.2 Å². The molecule has 9 nitrogen and oxygen atoms in total. The Labute approximate surface area is 161 Å². The van der Waals surface area contributed by atoms with Crippen molar-refractivity contribution in [2.75, 3.05) is 13.2 Å². The molecule has 9 heteroatoms. The molecule has 148 valence electrons. The summed E-state index contributed by atoms with van der Waals surface area (Å²) in [4.78, 5) is 22.2. The van der Waals surface area contributed by atoms with Crippen molar-refractivity contribution in [3.8, 4) is 17.2 Å². The number of carbonyl (C=O) groups is 1. The number of carbonyl (C=O) groups excluding carboxylic acids is 1. The highest BCUT2D eigenvalue weighted by Gasteiger charge is 2.19. The average Bonchev–Trinajstić information content (AvgIpc) is 2.63. The topological polar surface area (TPSA) is 123 Å². The molecule has 0 spiro atoms. The molecule has 1 amide bonds. The van der Waals surface area contributed by atoms with Crippen LogP contribution in [0.3, 0.4) is 0 Å². The molecule has 0 atom stereocenters. The number of ether oxygens (including phenoxy) is 2. The van der Waals surface area contributed by atoms with Crippen molar-refractivity contribution in [1.82, 2.24) is 5.43 Å². The number of aromatic hydroxyl groups is 1. The quantitative estimate of drug-likeness (QED) is 0.408. The van der Waals surface area contributed by atoms with Gasteiger partial charge in [-0.15, -0.1) is 0 Å². The Kier molecular flexibility index (Phi) is 6.91. The van der Waals surface area contributed by atoms with Crippen LogP contribution >= 0.6 is 0 Å². The molecular formula is C19H21N3O6. The van der Waals surface area contributed by atoms with Gasteiger partial charge in [0.1, 0.15) is 5.75 Å². The molecule has 2 aromatic carbocycles. The zero-order valence-electron chi connectivity index (χ0n) is 15.8. The van der Waals surface area contributed by atoms with Crippen LogP contribution in [0.2, 0.25) is 0 Å². The van der Waals surface area contributed by atoms with E-state index >= 15 is 0 Å². The Hall–Kier alpha value is -3.62. The molecular weight excluding hydrogens is 366 g/mol. The Morgan fingerprint density at radius 3 is 2.64 bits per heavy atom. The highest BCUT2D eigenvalue weighted by molar-refractivity contribution is 5.85. The molecule has 0 aliphatic rings. The van der Waals surface area contributed by atoms with Gasteiger partial charge in [-0.3, -0.25) is 14.9 Å². The van der Waals surface area contributed by atoms with Gasteiger partial charge in [0.25, 0.3) is 5.91 Å². The van der Waals surface area contributed by atoms with Crippen molar-refractivity contribution in [3.05, 3.63) is 57.1 Å². The number of amides is 1. The van der Waals surface area contributed by atoms with Gasteiger partial charge in [0, 0.05) is 11.6 Å². The second-order valence-corrected chi connectivity index (χ2v) is 5.93. The van der Waals surface area contributed by atoms with Crippen LogP contribution < -0.4 is 14.9 Å². The number of benzene rings is 2. The maximum absolute atomic E-state index is 11.9. The van der Waals surface area contributed by atoms with Crippen LogP contribution in [0.15, 0.2) is 35.4 Å². The molecule has 2 N–H and O–H groups in total. The van der Waals surface area contributed by atoms with E-state index in [1.54, 1.807) is 13.0 Å². The number of aryl methyl sites for hydroxylation is 2. The van der Waals surface area contributed by atoms with E-state index in [0.29, 0.717) is 5.75 Å². The molecule has 28 heavy (non-hydrogen) atoms. The lowest BCUT2D eigenvalue weighted by molar-refractivity contribution is -0.386. The summed E-state index contributed by atoms with van der Waals surface area (Å²) in [6, 6.07) is 8.12. The number of phenols is 1. The molecule has 0 saturated carbocycles. The molecule has 2 rings (SSSR count). The summed E-state index contributed by atoms with van der Waals surface area (Å²) in [5.41, 5.74) is 4.05. The van der Waals surface area contributed by atoms with E-state index in [-0.39, 0.29) is 24.5 Å². The van der Waals surface area contributed by atoms with Crippen LogP contribution in [0.5, 0.6) is 17.2 Å². The first-order valence-corrected chi connectivity index (χ1v) is 8.48. The monoisotopic (exact) mass is 387 g/mol. The van der Waals surface area contributed by atoms with Crippen LogP contribution in [-0.2, 0) is 4.79 Å². The zero-order valence-corrected chi connectivity index (χ0v) is 15.8. The standard InChI is InChI=1S/C19H21N3O6/c1-4-27-17-9-14(8-15(19(17)24)22(25)26)10-20-21-18(23)11-28-16-6-5-12(2)7-13(16)3/h5-10,24H,4,11H2,1-3H3,(H,21,23)/b20-10-. The predicted molar refractivity (Wildman–Crippen MR) is 103 cm³/mol. The number of hydrogen-bond acceptors (Lipinski definition) is 7. The number of nitro benzene ring substituents is 1. The van der Waals surface area contributed by atoms with E-state index in [1.165, 1.54) is 12.3 Å². The van der Waals surface area contributed by atoms with Crippen molar-refractivity contribution in [3.63, 3.8) is 0 Å².